The molecular weight excluding hydrogens is 266 g/mol. The van der Waals surface area contributed by atoms with Gasteiger partial charge in [-0.3, -0.25) is 14.9 Å². The molecule has 7 nitrogen and oxygen atoms in total. The van der Waals surface area contributed by atoms with Gasteiger partial charge in [0.05, 0.1) is 11.5 Å². The Morgan fingerprint density at radius 3 is 2.53 bits per heavy atom. The molecule has 1 heterocycles. The minimum Gasteiger partial charge on any atom is -0.392 e. The summed E-state index contributed by atoms with van der Waals surface area (Å²) in [5.74, 6) is -1.90. The Morgan fingerprint density at radius 2 is 2.06 bits per heavy atom. The van der Waals surface area contributed by atoms with E-state index in [1.54, 1.807) is 0 Å². The van der Waals surface area contributed by atoms with Crippen molar-refractivity contribution in [3.05, 3.63) is 0 Å². The first-order chi connectivity index (χ1) is 7.57. The van der Waals surface area contributed by atoms with Gasteiger partial charge >= 0.3 is 0 Å². The lowest BCUT2D eigenvalue weighted by atomic mass is 10.0. The fourth-order valence-corrected chi connectivity index (χ4v) is 3.52. The number of nitrogens with one attached hydrogen (secondary N) is 1. The van der Waals surface area contributed by atoms with E-state index in [1.165, 1.54) is 13.8 Å². The molecule has 0 aliphatic carbocycles. The van der Waals surface area contributed by atoms with Gasteiger partial charge in [-0.05, 0) is 13.8 Å². The van der Waals surface area contributed by atoms with Gasteiger partial charge in [0.25, 0.3) is 0 Å². The van der Waals surface area contributed by atoms with Gasteiger partial charge in [0.15, 0.2) is 0 Å². The standard InChI is InChI=1S/C8H13N3O4S2/c1-8(2)7(13)10-6(12)3-11(8)17(14,15)4-5(9)16/h3-4H2,1-2H3,(H2,9,16)(H,10,12,13). The molecule has 0 bridgehead atoms. The quantitative estimate of drug-likeness (QED) is 0.472. The third-order valence-corrected chi connectivity index (χ3v) is 4.64. The Labute approximate surface area is 104 Å². The summed E-state index contributed by atoms with van der Waals surface area (Å²) < 4.78 is 24.7. The Morgan fingerprint density at radius 1 is 1.53 bits per heavy atom. The summed E-state index contributed by atoms with van der Waals surface area (Å²) in [6, 6.07) is 0. The molecule has 1 fully saturated rings. The van der Waals surface area contributed by atoms with Crippen LogP contribution >= 0.6 is 12.2 Å². The maximum atomic E-state index is 11.9. The number of rotatable bonds is 3. The third-order valence-electron chi connectivity index (χ3n) is 2.38. The van der Waals surface area contributed by atoms with E-state index < -0.39 is 39.7 Å². The number of amides is 2. The van der Waals surface area contributed by atoms with Crippen molar-refractivity contribution in [1.29, 1.82) is 0 Å². The van der Waals surface area contributed by atoms with Gasteiger partial charge in [-0.25, -0.2) is 8.42 Å². The predicted octanol–water partition coefficient (Wildman–Crippen LogP) is -1.66. The molecule has 0 aromatic carbocycles. The fraction of sp³-hybridized carbons (Fsp3) is 0.625. The van der Waals surface area contributed by atoms with E-state index in [9.17, 15) is 18.0 Å². The molecule has 0 unspecified atom stereocenters. The second kappa shape index (κ2) is 4.31. The molecule has 3 N–H and O–H groups in total. The van der Waals surface area contributed by atoms with E-state index in [1.807, 2.05) is 0 Å². The predicted molar refractivity (Wildman–Crippen MR) is 64.5 cm³/mol. The highest BCUT2D eigenvalue weighted by Gasteiger charge is 2.47. The van der Waals surface area contributed by atoms with E-state index in [4.69, 9.17) is 5.73 Å². The van der Waals surface area contributed by atoms with E-state index in [2.05, 4.69) is 17.5 Å². The first-order valence-corrected chi connectivity index (χ1v) is 6.72. The lowest BCUT2D eigenvalue weighted by Gasteiger charge is -2.38. The second-order valence-electron chi connectivity index (χ2n) is 4.17. The second-order valence-corrected chi connectivity index (χ2v) is 6.58. The zero-order valence-electron chi connectivity index (χ0n) is 9.39. The van der Waals surface area contributed by atoms with E-state index in [0.717, 1.165) is 4.31 Å². The number of sulfonamides is 1. The average molecular weight is 279 g/mol. The maximum absolute atomic E-state index is 11.9. The van der Waals surface area contributed by atoms with Crippen LogP contribution in [0.3, 0.4) is 0 Å². The Balaban J connectivity index is 3.14. The van der Waals surface area contributed by atoms with Gasteiger partial charge in [-0.2, -0.15) is 4.31 Å². The normalized spacial score (nSPS) is 21.1. The van der Waals surface area contributed by atoms with Crippen molar-refractivity contribution < 1.29 is 18.0 Å². The highest BCUT2D eigenvalue weighted by molar-refractivity contribution is 7.92. The van der Waals surface area contributed by atoms with Gasteiger partial charge in [0, 0.05) is 0 Å². The molecule has 0 atom stereocenters. The molecule has 0 aromatic rings. The van der Waals surface area contributed by atoms with Gasteiger partial charge in [-0.1, -0.05) is 12.2 Å². The number of thiocarbonyl (C=S) groups is 1. The molecule has 0 radical (unpaired) electrons. The monoisotopic (exact) mass is 279 g/mol. The molecule has 1 aliphatic heterocycles. The molecule has 0 aromatic heterocycles. The number of imide groups is 1. The topological polar surface area (TPSA) is 110 Å². The molecule has 0 saturated carbocycles. The summed E-state index contributed by atoms with van der Waals surface area (Å²) in [4.78, 5) is 22.6. The number of carbonyl (C=O) groups is 2. The van der Waals surface area contributed by atoms with Crippen molar-refractivity contribution in [1.82, 2.24) is 9.62 Å². The van der Waals surface area contributed by atoms with Crippen LogP contribution in [-0.2, 0) is 19.6 Å². The van der Waals surface area contributed by atoms with E-state index in [0.29, 0.717) is 0 Å². The van der Waals surface area contributed by atoms with Crippen molar-refractivity contribution in [3.8, 4) is 0 Å². The highest BCUT2D eigenvalue weighted by Crippen LogP contribution is 2.22. The SMILES string of the molecule is CC1(C)C(=O)NC(=O)CN1S(=O)(=O)CC(N)=S. The summed E-state index contributed by atoms with van der Waals surface area (Å²) in [5.41, 5.74) is 3.85. The Hall–Kier alpha value is -1.06. The largest absolute Gasteiger partial charge is 0.392 e. The van der Waals surface area contributed by atoms with Crippen molar-refractivity contribution in [2.24, 2.45) is 5.73 Å². The summed E-state index contributed by atoms with van der Waals surface area (Å²) in [6.45, 7) is 2.40. The van der Waals surface area contributed by atoms with E-state index in [-0.39, 0.29) is 4.99 Å². The van der Waals surface area contributed by atoms with Crippen LogP contribution in [0.15, 0.2) is 0 Å². The summed E-state index contributed by atoms with van der Waals surface area (Å²) in [7, 11) is -3.87. The first kappa shape index (κ1) is 14.0. The van der Waals surface area contributed by atoms with Crippen LogP contribution in [0.2, 0.25) is 0 Å². The summed E-state index contributed by atoms with van der Waals surface area (Å²) in [5, 5.41) is 2.08. The molecule has 0 spiro atoms. The minimum absolute atomic E-state index is 0.209. The lowest BCUT2D eigenvalue weighted by molar-refractivity contribution is -0.141. The summed E-state index contributed by atoms with van der Waals surface area (Å²) in [6.07, 6.45) is 0. The molecule has 9 heteroatoms. The molecule has 96 valence electrons. The first-order valence-electron chi connectivity index (χ1n) is 4.70. The van der Waals surface area contributed by atoms with Gasteiger partial charge < -0.3 is 5.73 Å². The van der Waals surface area contributed by atoms with Crippen LogP contribution < -0.4 is 11.1 Å². The number of hydrogen-bond donors (Lipinski definition) is 2. The van der Waals surface area contributed by atoms with Gasteiger partial charge in [0.1, 0.15) is 11.3 Å². The van der Waals surface area contributed by atoms with Crippen molar-refractivity contribution in [2.75, 3.05) is 12.3 Å². The molecule has 1 rings (SSSR count). The van der Waals surface area contributed by atoms with Crippen LogP contribution in [0.1, 0.15) is 13.8 Å². The van der Waals surface area contributed by atoms with Crippen LogP contribution in [0, 0.1) is 0 Å². The Kier molecular flexibility index (Phi) is 3.55. The number of piperazine rings is 1. The fourth-order valence-electron chi connectivity index (χ4n) is 1.46. The van der Waals surface area contributed by atoms with E-state index >= 15 is 0 Å². The van der Waals surface area contributed by atoms with Crippen LogP contribution in [-0.4, -0.2) is 47.4 Å². The number of hydrogen-bond acceptors (Lipinski definition) is 5. The molecule has 17 heavy (non-hydrogen) atoms. The van der Waals surface area contributed by atoms with Gasteiger partial charge in [0.2, 0.25) is 21.8 Å². The number of nitrogens with two attached hydrogens (primary N) is 1. The molecule has 1 aliphatic rings. The van der Waals surface area contributed by atoms with Crippen LogP contribution in [0.25, 0.3) is 0 Å². The molecular formula is C8H13N3O4S2. The third kappa shape index (κ3) is 2.79. The Bertz CT molecular complexity index is 483. The van der Waals surface area contributed by atoms with Gasteiger partial charge in [-0.15, -0.1) is 0 Å². The maximum Gasteiger partial charge on any atom is 0.247 e. The number of nitrogens with zero attached hydrogens (tertiary/aromatic N) is 1. The van der Waals surface area contributed by atoms with Crippen molar-refractivity contribution in [3.63, 3.8) is 0 Å². The average Bonchev–Trinajstić information content (AvgIpc) is 2.09. The zero-order valence-corrected chi connectivity index (χ0v) is 11.0. The smallest absolute Gasteiger partial charge is 0.247 e. The minimum atomic E-state index is -3.87. The highest BCUT2D eigenvalue weighted by atomic mass is 32.2. The van der Waals surface area contributed by atoms with Crippen LogP contribution in [0.5, 0.6) is 0 Å². The van der Waals surface area contributed by atoms with Crippen molar-refractivity contribution in [2.45, 2.75) is 19.4 Å². The van der Waals surface area contributed by atoms with Crippen LogP contribution in [0.4, 0.5) is 0 Å². The summed E-state index contributed by atoms with van der Waals surface area (Å²) >= 11 is 4.53. The zero-order chi connectivity index (χ0) is 13.4. The molecule has 1 saturated heterocycles. The lowest BCUT2D eigenvalue weighted by Crippen LogP contribution is -2.65. The molecule has 2 amide bonds. The van der Waals surface area contributed by atoms with Crippen molar-refractivity contribution >= 4 is 39.0 Å². The number of carbonyl (C=O) groups excluding carboxylic acids is 2.